The molecule has 15 rings (SSSR count). The molecule has 476 valence electrons. The van der Waals surface area contributed by atoms with Gasteiger partial charge in [0.25, 0.3) is 5.95 Å². The minimum atomic E-state index is -0.231. The number of tetrazole rings is 8. The van der Waals surface area contributed by atoms with Gasteiger partial charge in [-0.3, -0.25) is 4.98 Å². The van der Waals surface area contributed by atoms with Crippen LogP contribution in [0.4, 0.5) is 17.3 Å². The molecule has 0 aliphatic rings. The van der Waals surface area contributed by atoms with E-state index in [-0.39, 0.29) is 19.4 Å². The molecule has 15 aromatic rings. The standard InChI is InChI=1S/C13H10N4.C9H11N5.C8H8N4O.C8H8N4.C7H7N5O.C7H7N5.C3H6N4.CH3N5/c1-2-4-10(5-3-1)11-6-8-12(9-7-11)13-14-16-17-15-13;1-14(2)8-5-3-7(4-6-8)9-10-12-13-11-9;13-6-12-8(9-10-11-12)7-4-2-1-3-5-7;1-7-9-10-11-12(7)8-5-3-2-4-6-8;13-5-12-7(9-10-11-12)6-1-3-8-4-2-6;8-6-3-1-2-5(4-6)7-9-11-12-10-7;1-3-4-5-6-7(3)2;2-1-3-5-6-4-1/h1-9H,(H,14,15,16,17);3-6H,1-2H3,(H,10,11,12,13);1-5,13H,6H2;2-6H,1H3;1-4,13H,5H2;1-4H,8H2,(H,9,10,11,12);1-2H3;(H3,2,3,4,5,6). The van der Waals surface area contributed by atoms with Gasteiger partial charge in [0, 0.05) is 72.7 Å². The third-order valence-corrected chi connectivity index (χ3v) is 12.2. The largest absolute Gasteiger partial charge is 0.399 e. The lowest BCUT2D eigenvalue weighted by Gasteiger charge is -2.11. The molecule has 0 aliphatic heterocycles. The number of aromatic amines is 4. The van der Waals surface area contributed by atoms with E-state index in [9.17, 15) is 0 Å². The quantitative estimate of drug-likeness (QED) is 0.0911. The first-order valence-corrected chi connectivity index (χ1v) is 27.7. The highest BCUT2D eigenvalue weighted by atomic mass is 16.3. The second kappa shape index (κ2) is 35.4. The number of aryl methyl sites for hydroxylation is 3. The molecule has 0 saturated carbocycles. The third-order valence-electron chi connectivity index (χ3n) is 12.2. The molecule has 38 heteroatoms. The monoisotopic (exact) mass is 1270 g/mol. The Kier molecular flexibility index (Phi) is 25.0. The summed E-state index contributed by atoms with van der Waals surface area (Å²) in [6, 6.07) is 56.5. The average Bonchev–Trinajstić information content (AvgIpc) is 3.04. The van der Waals surface area contributed by atoms with Crippen LogP contribution in [0, 0.1) is 13.8 Å². The van der Waals surface area contributed by atoms with Gasteiger partial charge in [0.1, 0.15) is 19.3 Å². The Morgan fingerprint density at radius 1 is 0.415 bits per heavy atom. The van der Waals surface area contributed by atoms with Crippen molar-refractivity contribution in [2.45, 2.75) is 27.3 Å². The smallest absolute Gasteiger partial charge is 0.260 e. The normalized spacial score (nSPS) is 10.0. The van der Waals surface area contributed by atoms with Gasteiger partial charge in [-0.15, -0.1) is 56.1 Å². The van der Waals surface area contributed by atoms with Crippen LogP contribution in [0.1, 0.15) is 11.6 Å². The van der Waals surface area contributed by atoms with Gasteiger partial charge < -0.3 is 26.6 Å². The number of rotatable bonds is 10. The summed E-state index contributed by atoms with van der Waals surface area (Å²) < 4.78 is 5.94. The number of aromatic nitrogens is 33. The summed E-state index contributed by atoms with van der Waals surface area (Å²) in [6.45, 7) is 3.27. The van der Waals surface area contributed by atoms with Crippen LogP contribution in [0.2, 0.25) is 0 Å². The Morgan fingerprint density at radius 3 is 1.27 bits per heavy atom. The van der Waals surface area contributed by atoms with Crippen LogP contribution in [0.3, 0.4) is 0 Å². The molecule has 0 amide bonds. The number of hydrogen-bond acceptors (Lipinski definition) is 30. The number of nitrogen functional groups attached to an aromatic ring is 2. The van der Waals surface area contributed by atoms with Crippen molar-refractivity contribution in [3.8, 4) is 73.8 Å². The number of anilines is 3. The number of pyridine rings is 1. The lowest BCUT2D eigenvalue weighted by Crippen LogP contribution is -2.07. The number of aliphatic hydroxyl groups is 2. The predicted molar refractivity (Wildman–Crippen MR) is 338 cm³/mol. The maximum atomic E-state index is 8.89. The highest BCUT2D eigenvalue weighted by molar-refractivity contribution is 5.67. The fourth-order valence-electron chi connectivity index (χ4n) is 7.47. The maximum Gasteiger partial charge on any atom is 0.260 e. The van der Waals surface area contributed by atoms with Gasteiger partial charge in [0.05, 0.1) is 5.69 Å². The van der Waals surface area contributed by atoms with Crippen LogP contribution in [0.5, 0.6) is 0 Å². The van der Waals surface area contributed by atoms with Crippen molar-refractivity contribution in [2.24, 2.45) is 7.05 Å². The predicted octanol–water partition coefficient (Wildman–Crippen LogP) is 3.16. The van der Waals surface area contributed by atoms with E-state index in [2.05, 4.69) is 174 Å². The maximum absolute atomic E-state index is 8.89. The van der Waals surface area contributed by atoms with E-state index in [4.69, 9.17) is 21.7 Å². The van der Waals surface area contributed by atoms with Gasteiger partial charge in [-0.1, -0.05) is 120 Å². The van der Waals surface area contributed by atoms with Crippen LogP contribution in [0.25, 0.3) is 73.8 Å². The second-order valence-corrected chi connectivity index (χ2v) is 18.7. The third kappa shape index (κ3) is 20.2. The highest BCUT2D eigenvalue weighted by Gasteiger charge is 2.09. The minimum Gasteiger partial charge on any atom is -0.399 e. The van der Waals surface area contributed by atoms with Gasteiger partial charge in [0.15, 0.2) is 17.5 Å². The number of nitrogens with two attached hydrogens (primary N) is 2. The molecule has 38 nitrogen and oxygen atoms in total. The van der Waals surface area contributed by atoms with E-state index in [0.29, 0.717) is 34.8 Å². The van der Waals surface area contributed by atoms with E-state index >= 15 is 0 Å². The lowest BCUT2D eigenvalue weighted by atomic mass is 10.0. The zero-order chi connectivity index (χ0) is 66.1. The van der Waals surface area contributed by atoms with E-state index in [1.807, 2.05) is 166 Å². The summed E-state index contributed by atoms with van der Waals surface area (Å²) >= 11 is 0. The molecule has 0 aliphatic carbocycles. The van der Waals surface area contributed by atoms with Gasteiger partial charge in [-0.05, 0) is 148 Å². The minimum absolute atomic E-state index is 0.176. The summed E-state index contributed by atoms with van der Waals surface area (Å²) in [4.78, 5) is 5.91. The summed E-state index contributed by atoms with van der Waals surface area (Å²) in [5, 5.41) is 114. The molecular weight excluding hydrogens is 1210 g/mol. The topological polar surface area (TPSA) is 501 Å². The van der Waals surface area contributed by atoms with Crippen molar-refractivity contribution in [3.05, 3.63) is 200 Å². The van der Waals surface area contributed by atoms with Gasteiger partial charge in [0.2, 0.25) is 17.5 Å². The van der Waals surface area contributed by atoms with Gasteiger partial charge in [-0.2, -0.15) is 34.9 Å². The Balaban J connectivity index is 0.000000140. The van der Waals surface area contributed by atoms with Crippen molar-refractivity contribution in [2.75, 3.05) is 30.5 Å². The van der Waals surface area contributed by atoms with Crippen LogP contribution < -0.4 is 16.4 Å². The molecule has 0 atom stereocenters. The van der Waals surface area contributed by atoms with Crippen molar-refractivity contribution in [3.63, 3.8) is 0 Å². The number of para-hydroxylation sites is 1. The Labute approximate surface area is 532 Å². The fourth-order valence-corrected chi connectivity index (χ4v) is 7.47. The summed E-state index contributed by atoms with van der Waals surface area (Å²) in [5.74, 6) is 4.70. The van der Waals surface area contributed by atoms with Crippen LogP contribution in [-0.2, 0) is 20.5 Å². The molecule has 9 aromatic heterocycles. The zero-order valence-electron chi connectivity index (χ0n) is 50.8. The molecule has 6 aromatic carbocycles. The molecule has 0 bridgehead atoms. The zero-order valence-corrected chi connectivity index (χ0v) is 50.8. The molecule has 10 N–H and O–H groups in total. The van der Waals surface area contributed by atoms with Crippen molar-refractivity contribution in [1.82, 2.24) is 168 Å². The number of nitrogens with zero attached hydrogens (tertiary/aromatic N) is 30. The van der Waals surface area contributed by atoms with E-state index in [1.54, 1.807) is 47.0 Å². The summed E-state index contributed by atoms with van der Waals surface area (Å²) in [5.41, 5.74) is 20.3. The molecule has 94 heavy (non-hydrogen) atoms. The molecule has 0 fully saturated rings. The Bertz CT molecular complexity index is 4320. The lowest BCUT2D eigenvalue weighted by molar-refractivity contribution is 0.194. The summed E-state index contributed by atoms with van der Waals surface area (Å²) in [6.07, 6.45) is 3.29. The average molecular weight is 1270 g/mol. The molecule has 0 unspecified atom stereocenters. The number of nitrogens with one attached hydrogen (secondary N) is 4. The van der Waals surface area contributed by atoms with Crippen molar-refractivity contribution >= 4 is 17.3 Å². The SMILES string of the molecule is CN(C)c1ccc(-c2nn[nH]n2)cc1.Cc1nnnn1-c1ccccc1.Cc1nnnn1C.Nc1cccc(-c2nn[nH]n2)c1.Nc1nn[nH]n1.OCn1nnnc1-c1ccccc1.OCn1nnnc1-c1ccncc1.c1ccc(-c2ccc(-c3nn[nH]n3)cc2)cc1. The molecule has 0 spiro atoms. The van der Waals surface area contributed by atoms with Crippen LogP contribution >= 0.6 is 0 Å². The van der Waals surface area contributed by atoms with E-state index in [1.165, 1.54) is 20.5 Å². The van der Waals surface area contributed by atoms with Gasteiger partial charge in [-0.25, -0.2) is 4.68 Å². The second-order valence-electron chi connectivity index (χ2n) is 18.7. The molecular formula is C56H60N36O2. The molecule has 9 heterocycles. The number of aliphatic hydroxyl groups excluding tert-OH is 2. The number of benzene rings is 6. The Hall–Kier alpha value is -13.7. The fraction of sp³-hybridized carbons (Fsp3) is 0.125. The number of H-pyrrole nitrogens is 4. The first-order chi connectivity index (χ1) is 46.0. The van der Waals surface area contributed by atoms with E-state index in [0.717, 1.165) is 50.8 Å². The van der Waals surface area contributed by atoms with Crippen LogP contribution in [-0.4, -0.2) is 193 Å². The van der Waals surface area contributed by atoms with Crippen LogP contribution in [0.15, 0.2) is 188 Å². The first kappa shape index (κ1) is 66.3. The highest BCUT2D eigenvalue weighted by Crippen LogP contribution is 2.23. The Morgan fingerprint density at radius 2 is 0.851 bits per heavy atom. The number of hydrogen-bond donors (Lipinski definition) is 8. The molecule has 0 radical (unpaired) electrons. The van der Waals surface area contributed by atoms with Crippen molar-refractivity contribution < 1.29 is 10.2 Å². The van der Waals surface area contributed by atoms with E-state index < -0.39 is 0 Å². The summed E-state index contributed by atoms with van der Waals surface area (Å²) in [7, 11) is 5.81. The van der Waals surface area contributed by atoms with Crippen molar-refractivity contribution in [1.29, 1.82) is 0 Å². The molecule has 0 saturated heterocycles. The first-order valence-electron chi connectivity index (χ1n) is 27.7. The van der Waals surface area contributed by atoms with Gasteiger partial charge >= 0.3 is 0 Å².